The molecule has 0 saturated heterocycles. The van der Waals surface area contributed by atoms with Crippen LogP contribution in [-0.2, 0) is 20.1 Å². The van der Waals surface area contributed by atoms with E-state index < -0.39 is 0 Å². The predicted molar refractivity (Wildman–Crippen MR) is 101 cm³/mol. The van der Waals surface area contributed by atoms with E-state index in [1.54, 1.807) is 13.4 Å². The first kappa shape index (κ1) is 17.7. The number of hydrogen-bond donors (Lipinski definition) is 2. The minimum Gasteiger partial charge on any atom is -0.352 e. The fraction of sp³-hybridized carbons (Fsp3) is 0.333. The Labute approximate surface area is 153 Å². The van der Waals surface area contributed by atoms with E-state index in [9.17, 15) is 0 Å². The smallest absolute Gasteiger partial charge is 0.191 e. The maximum atomic E-state index is 4.59. The van der Waals surface area contributed by atoms with Gasteiger partial charge in [0.15, 0.2) is 11.8 Å². The highest BCUT2D eigenvalue weighted by Gasteiger charge is 2.09. The van der Waals surface area contributed by atoms with Crippen LogP contribution in [0.3, 0.4) is 0 Å². The van der Waals surface area contributed by atoms with Crippen molar-refractivity contribution in [2.75, 3.05) is 7.05 Å². The summed E-state index contributed by atoms with van der Waals surface area (Å²) in [4.78, 5) is 4.27. The van der Waals surface area contributed by atoms with Crippen molar-refractivity contribution in [3.05, 3.63) is 59.4 Å². The molecule has 3 rings (SSSR count). The molecule has 0 atom stereocenters. The van der Waals surface area contributed by atoms with Crippen LogP contribution >= 0.6 is 0 Å². The molecule has 0 aliphatic heterocycles. The van der Waals surface area contributed by atoms with Gasteiger partial charge in [-0.15, -0.1) is 10.2 Å². The zero-order valence-corrected chi connectivity index (χ0v) is 15.6. The number of hydrogen-bond acceptors (Lipinski definition) is 4. The maximum Gasteiger partial charge on any atom is 0.191 e. The normalized spacial score (nSPS) is 11.6. The van der Waals surface area contributed by atoms with Crippen LogP contribution in [0.1, 0.15) is 22.8 Å². The highest BCUT2D eigenvalue weighted by atomic mass is 15.3. The topological polar surface area (TPSA) is 84.9 Å². The Morgan fingerprint density at radius 3 is 2.58 bits per heavy atom. The van der Waals surface area contributed by atoms with Crippen LogP contribution in [0.4, 0.5) is 0 Å². The predicted octanol–water partition coefficient (Wildman–Crippen LogP) is 1.48. The minimum absolute atomic E-state index is 0.551. The second-order valence-corrected chi connectivity index (χ2v) is 6.11. The van der Waals surface area contributed by atoms with Gasteiger partial charge in [0.2, 0.25) is 0 Å². The van der Waals surface area contributed by atoms with Gasteiger partial charge in [-0.2, -0.15) is 5.10 Å². The van der Waals surface area contributed by atoms with E-state index in [-0.39, 0.29) is 0 Å². The van der Waals surface area contributed by atoms with Crippen LogP contribution in [-0.4, -0.2) is 37.6 Å². The molecule has 3 aromatic rings. The minimum atomic E-state index is 0.551. The highest BCUT2D eigenvalue weighted by molar-refractivity contribution is 5.79. The molecule has 0 bridgehead atoms. The van der Waals surface area contributed by atoms with E-state index >= 15 is 0 Å². The van der Waals surface area contributed by atoms with Gasteiger partial charge in [-0.3, -0.25) is 4.99 Å². The summed E-state index contributed by atoms with van der Waals surface area (Å²) in [6, 6.07) is 10.3. The third kappa shape index (κ3) is 3.90. The molecule has 0 saturated carbocycles. The Hall–Kier alpha value is -3.16. The van der Waals surface area contributed by atoms with Gasteiger partial charge in [0.05, 0.1) is 17.9 Å². The summed E-state index contributed by atoms with van der Waals surface area (Å²) >= 11 is 0. The molecular weight excluding hydrogens is 328 g/mol. The van der Waals surface area contributed by atoms with Crippen LogP contribution in [0.25, 0.3) is 5.69 Å². The number of rotatable bonds is 5. The lowest BCUT2D eigenvalue weighted by molar-refractivity contribution is 0.723. The van der Waals surface area contributed by atoms with Gasteiger partial charge in [-0.1, -0.05) is 18.2 Å². The molecule has 136 valence electrons. The quantitative estimate of drug-likeness (QED) is 0.537. The standard InChI is InChI=1S/C18H24N8/c1-13-9-14(2)26(24-13)16-8-6-5-7-15(16)10-20-18(19-3)21-11-17-23-22-12-25(17)4/h5-9,12H,10-11H2,1-4H3,(H2,19,20,21). The summed E-state index contributed by atoms with van der Waals surface area (Å²) in [5.41, 5.74) is 4.32. The summed E-state index contributed by atoms with van der Waals surface area (Å²) in [5, 5.41) is 19.1. The Morgan fingerprint density at radius 1 is 1.15 bits per heavy atom. The monoisotopic (exact) mass is 352 g/mol. The molecule has 2 N–H and O–H groups in total. The highest BCUT2D eigenvalue weighted by Crippen LogP contribution is 2.16. The molecule has 0 spiro atoms. The van der Waals surface area contributed by atoms with Crippen LogP contribution in [0, 0.1) is 13.8 Å². The largest absolute Gasteiger partial charge is 0.352 e. The molecule has 0 radical (unpaired) electrons. The van der Waals surface area contributed by atoms with E-state index in [1.807, 2.05) is 35.4 Å². The van der Waals surface area contributed by atoms with Crippen molar-refractivity contribution >= 4 is 5.96 Å². The molecule has 8 heteroatoms. The molecule has 2 heterocycles. The second kappa shape index (κ2) is 7.81. The lowest BCUT2D eigenvalue weighted by Gasteiger charge is -2.15. The van der Waals surface area contributed by atoms with E-state index in [0.717, 1.165) is 28.5 Å². The van der Waals surface area contributed by atoms with Crippen LogP contribution in [0.15, 0.2) is 41.7 Å². The summed E-state index contributed by atoms with van der Waals surface area (Å²) in [6.45, 7) is 5.25. The van der Waals surface area contributed by atoms with Gasteiger partial charge in [0.25, 0.3) is 0 Å². The number of aryl methyl sites for hydroxylation is 3. The van der Waals surface area contributed by atoms with Gasteiger partial charge in [-0.05, 0) is 31.5 Å². The molecular formula is C18H24N8. The number of para-hydroxylation sites is 1. The third-order valence-corrected chi connectivity index (χ3v) is 4.12. The van der Waals surface area contributed by atoms with E-state index in [0.29, 0.717) is 19.0 Å². The Kier molecular flexibility index (Phi) is 5.31. The third-order valence-electron chi connectivity index (χ3n) is 4.12. The number of nitrogens with one attached hydrogen (secondary N) is 2. The first-order valence-electron chi connectivity index (χ1n) is 8.47. The van der Waals surface area contributed by atoms with E-state index in [4.69, 9.17) is 0 Å². The fourth-order valence-corrected chi connectivity index (χ4v) is 2.77. The van der Waals surface area contributed by atoms with Crippen molar-refractivity contribution in [2.45, 2.75) is 26.9 Å². The average Bonchev–Trinajstić information content (AvgIpc) is 3.20. The Bertz CT molecular complexity index is 906. The zero-order valence-electron chi connectivity index (χ0n) is 15.6. The molecule has 2 aromatic heterocycles. The summed E-state index contributed by atoms with van der Waals surface area (Å²) < 4.78 is 3.85. The number of nitrogens with zero attached hydrogens (tertiary/aromatic N) is 6. The molecule has 0 amide bonds. The van der Waals surface area contributed by atoms with Crippen molar-refractivity contribution in [1.29, 1.82) is 0 Å². The molecule has 0 aliphatic carbocycles. The van der Waals surface area contributed by atoms with Crippen LogP contribution in [0.2, 0.25) is 0 Å². The molecule has 0 fully saturated rings. The van der Waals surface area contributed by atoms with Crippen molar-refractivity contribution in [3.8, 4) is 5.69 Å². The van der Waals surface area contributed by atoms with E-state index in [2.05, 4.69) is 56.0 Å². The van der Waals surface area contributed by atoms with Gasteiger partial charge in [-0.25, -0.2) is 4.68 Å². The number of aliphatic imine (C=N–C) groups is 1. The average molecular weight is 352 g/mol. The zero-order chi connectivity index (χ0) is 18.5. The molecule has 26 heavy (non-hydrogen) atoms. The SMILES string of the molecule is CN=C(NCc1ccccc1-n1nc(C)cc1C)NCc1nncn1C. The summed E-state index contributed by atoms with van der Waals surface area (Å²) in [7, 11) is 3.66. The van der Waals surface area contributed by atoms with Gasteiger partial charge >= 0.3 is 0 Å². The van der Waals surface area contributed by atoms with Crippen LogP contribution < -0.4 is 10.6 Å². The number of benzene rings is 1. The van der Waals surface area contributed by atoms with Gasteiger partial charge in [0, 0.05) is 26.3 Å². The fourth-order valence-electron chi connectivity index (χ4n) is 2.77. The number of aromatic nitrogens is 5. The van der Waals surface area contributed by atoms with Crippen molar-refractivity contribution in [1.82, 2.24) is 35.2 Å². The lowest BCUT2D eigenvalue weighted by Crippen LogP contribution is -2.37. The first-order chi connectivity index (χ1) is 12.6. The first-order valence-corrected chi connectivity index (χ1v) is 8.47. The van der Waals surface area contributed by atoms with Crippen molar-refractivity contribution < 1.29 is 0 Å². The Balaban J connectivity index is 1.69. The van der Waals surface area contributed by atoms with E-state index in [1.165, 1.54) is 0 Å². The van der Waals surface area contributed by atoms with Gasteiger partial charge in [0.1, 0.15) is 6.33 Å². The van der Waals surface area contributed by atoms with Crippen molar-refractivity contribution in [2.24, 2.45) is 12.0 Å². The molecule has 8 nitrogen and oxygen atoms in total. The van der Waals surface area contributed by atoms with Crippen LogP contribution in [0.5, 0.6) is 0 Å². The van der Waals surface area contributed by atoms with Gasteiger partial charge < -0.3 is 15.2 Å². The molecule has 0 aliphatic rings. The lowest BCUT2D eigenvalue weighted by atomic mass is 10.1. The number of guanidine groups is 1. The maximum absolute atomic E-state index is 4.59. The summed E-state index contributed by atoms with van der Waals surface area (Å²) in [5.74, 6) is 1.55. The molecule has 0 unspecified atom stereocenters. The molecule has 1 aromatic carbocycles. The Morgan fingerprint density at radius 2 is 1.92 bits per heavy atom. The summed E-state index contributed by atoms with van der Waals surface area (Å²) in [6.07, 6.45) is 1.68. The van der Waals surface area contributed by atoms with Crippen molar-refractivity contribution in [3.63, 3.8) is 0 Å². The second-order valence-electron chi connectivity index (χ2n) is 6.11.